The Morgan fingerprint density at radius 1 is 0.909 bits per heavy atom. The third kappa shape index (κ3) is 5.83. The van der Waals surface area contributed by atoms with Crippen LogP contribution in [0.3, 0.4) is 0 Å². The van der Waals surface area contributed by atoms with Gasteiger partial charge in [0.25, 0.3) is 5.91 Å². The second-order valence-electron chi connectivity index (χ2n) is 7.92. The first-order chi connectivity index (χ1) is 15.7. The Balaban J connectivity index is 2.48. The Morgan fingerprint density at radius 2 is 1.42 bits per heavy atom. The van der Waals surface area contributed by atoms with Crippen LogP contribution >= 0.6 is 0 Å². The number of nitrogens with one attached hydrogen (secondary N) is 3. The maximum atomic E-state index is 14.3. The summed E-state index contributed by atoms with van der Waals surface area (Å²) < 4.78 is 55.1. The van der Waals surface area contributed by atoms with Crippen molar-refractivity contribution < 1.29 is 36.7 Å². The zero-order valence-corrected chi connectivity index (χ0v) is 18.1. The number of halogens is 4. The molecule has 1 aromatic carbocycles. The maximum Gasteiger partial charge on any atom is 0.255 e. The Labute approximate surface area is 188 Å². The third-order valence-corrected chi connectivity index (χ3v) is 6.05. The maximum absolute atomic E-state index is 14.3. The molecule has 0 spiro atoms. The lowest BCUT2D eigenvalue weighted by Crippen LogP contribution is -2.78. The molecule has 0 saturated carbocycles. The van der Waals surface area contributed by atoms with Gasteiger partial charge in [-0.25, -0.2) is 17.6 Å². The average Bonchev–Trinajstić information content (AvgIpc) is 2.81. The van der Waals surface area contributed by atoms with Crippen LogP contribution in [0.4, 0.5) is 17.6 Å². The van der Waals surface area contributed by atoms with Crippen LogP contribution in [-0.4, -0.2) is 48.6 Å². The van der Waals surface area contributed by atoms with Gasteiger partial charge in [-0.2, -0.15) is 0 Å². The van der Waals surface area contributed by atoms with Gasteiger partial charge in [0.15, 0.2) is 23.3 Å². The van der Waals surface area contributed by atoms with E-state index in [1.165, 1.54) is 0 Å². The van der Waals surface area contributed by atoms with Gasteiger partial charge in [-0.3, -0.25) is 15.4 Å². The average molecular weight is 473 g/mol. The lowest BCUT2D eigenvalue weighted by atomic mass is 9.74. The summed E-state index contributed by atoms with van der Waals surface area (Å²) in [7, 11) is 0. The summed E-state index contributed by atoms with van der Waals surface area (Å²) in [5.41, 5.74) is -2.21. The first-order valence-electron chi connectivity index (χ1n) is 10.7. The Kier molecular flexibility index (Phi) is 9.66. The zero-order valence-electron chi connectivity index (χ0n) is 18.1. The molecule has 2 atom stereocenters. The zero-order chi connectivity index (χ0) is 24.6. The fourth-order valence-electron chi connectivity index (χ4n) is 4.40. The molecule has 0 aromatic heterocycles. The lowest BCUT2D eigenvalue weighted by Gasteiger charge is -2.53. The fourth-order valence-corrected chi connectivity index (χ4v) is 4.40. The van der Waals surface area contributed by atoms with Crippen LogP contribution in [0.2, 0.25) is 0 Å². The van der Waals surface area contributed by atoms with Crippen molar-refractivity contribution in [2.45, 2.75) is 75.7 Å². The van der Waals surface area contributed by atoms with E-state index in [1.54, 1.807) is 6.92 Å². The van der Waals surface area contributed by atoms with Crippen molar-refractivity contribution in [3.8, 4) is 0 Å². The second kappa shape index (κ2) is 12.0. The molecule has 3 N–H and O–H groups in total. The van der Waals surface area contributed by atoms with E-state index >= 15 is 0 Å². The van der Waals surface area contributed by atoms with E-state index in [1.807, 2.05) is 0 Å². The molecule has 1 fully saturated rings. The first kappa shape index (κ1) is 26.6. The minimum absolute atomic E-state index is 0.115. The summed E-state index contributed by atoms with van der Waals surface area (Å²) >= 11 is 0. The largest absolute Gasteiger partial charge is 0.343 e. The number of carbonyl (C=O) groups excluding carboxylic acids is 4. The molecule has 0 bridgehead atoms. The number of hydrogen-bond donors (Lipinski definition) is 3. The highest BCUT2D eigenvalue weighted by atomic mass is 19.2. The van der Waals surface area contributed by atoms with E-state index in [4.69, 9.17) is 0 Å². The minimum atomic E-state index is -2.10. The van der Waals surface area contributed by atoms with E-state index in [-0.39, 0.29) is 50.8 Å². The molecule has 2 rings (SSSR count). The molecule has 11 heteroatoms. The van der Waals surface area contributed by atoms with Gasteiger partial charge >= 0.3 is 0 Å². The molecule has 1 heterocycles. The highest BCUT2D eigenvalue weighted by Gasteiger charge is 2.49. The van der Waals surface area contributed by atoms with Crippen molar-refractivity contribution in [3.05, 3.63) is 34.9 Å². The van der Waals surface area contributed by atoms with Crippen molar-refractivity contribution in [1.82, 2.24) is 16.0 Å². The molecule has 7 nitrogen and oxygen atoms in total. The van der Waals surface area contributed by atoms with Crippen LogP contribution < -0.4 is 16.0 Å². The van der Waals surface area contributed by atoms with Crippen LogP contribution in [0.25, 0.3) is 0 Å². The van der Waals surface area contributed by atoms with E-state index in [9.17, 15) is 36.7 Å². The number of amides is 1. The van der Waals surface area contributed by atoms with Crippen molar-refractivity contribution >= 4 is 24.8 Å². The molecule has 2 unspecified atom stereocenters. The highest BCUT2D eigenvalue weighted by Crippen LogP contribution is 2.31. The molecular weight excluding hydrogens is 446 g/mol. The van der Waals surface area contributed by atoms with Crippen molar-refractivity contribution in [3.63, 3.8) is 0 Å². The third-order valence-electron chi connectivity index (χ3n) is 6.05. The molecule has 1 aromatic rings. The van der Waals surface area contributed by atoms with E-state index in [0.717, 1.165) is 6.29 Å². The number of carbonyl (C=O) groups is 4. The monoisotopic (exact) mass is 473 g/mol. The topological polar surface area (TPSA) is 104 Å². The lowest BCUT2D eigenvalue weighted by molar-refractivity contribution is -0.108. The molecule has 0 aliphatic carbocycles. The Bertz CT molecular complexity index is 862. The molecule has 1 saturated heterocycles. The van der Waals surface area contributed by atoms with Crippen LogP contribution in [0.1, 0.15) is 62.2 Å². The molecule has 1 amide bonds. The van der Waals surface area contributed by atoms with Crippen molar-refractivity contribution in [2.75, 3.05) is 0 Å². The number of hydrogen-bond acceptors (Lipinski definition) is 6. The van der Waals surface area contributed by atoms with E-state index in [0.29, 0.717) is 19.0 Å². The predicted molar refractivity (Wildman–Crippen MR) is 110 cm³/mol. The summed E-state index contributed by atoms with van der Waals surface area (Å²) in [6, 6.07) is -0.849. The van der Waals surface area contributed by atoms with E-state index in [2.05, 4.69) is 16.0 Å². The Hall–Kier alpha value is -2.66. The molecule has 1 aliphatic rings. The van der Waals surface area contributed by atoms with Crippen LogP contribution in [-0.2, 0) is 14.4 Å². The predicted octanol–water partition coefficient (Wildman–Crippen LogP) is 2.31. The van der Waals surface area contributed by atoms with Gasteiger partial charge in [0.05, 0.1) is 17.3 Å². The summed E-state index contributed by atoms with van der Waals surface area (Å²) in [5.74, 6) is -8.84. The summed E-state index contributed by atoms with van der Waals surface area (Å²) in [6.07, 6.45) is 3.35. The number of benzene rings is 1. The van der Waals surface area contributed by atoms with Crippen LogP contribution in [0, 0.1) is 23.3 Å². The van der Waals surface area contributed by atoms with Gasteiger partial charge < -0.3 is 19.7 Å². The molecule has 33 heavy (non-hydrogen) atoms. The van der Waals surface area contributed by atoms with E-state index < -0.39 is 52.4 Å². The number of rotatable bonds is 12. The standard InChI is InChI=1S/C22H27F4N3O4/c1-2-22(29-21(33)13-12-14(23)19(25)20(26)18(13)24)15(6-3-9-30)27-17(8-5-11-32)28-16(22)7-4-10-31/h9-12,15-17,27-28H,2-8H2,1H3,(H,29,33). The fraction of sp³-hybridized carbons (Fsp3) is 0.545. The summed E-state index contributed by atoms with van der Waals surface area (Å²) in [5, 5.41) is 9.13. The second-order valence-corrected chi connectivity index (χ2v) is 7.92. The van der Waals surface area contributed by atoms with Gasteiger partial charge in [-0.15, -0.1) is 0 Å². The van der Waals surface area contributed by atoms with Gasteiger partial charge in [0.1, 0.15) is 18.9 Å². The molecule has 182 valence electrons. The van der Waals surface area contributed by atoms with Gasteiger partial charge in [0.2, 0.25) is 0 Å². The quantitative estimate of drug-likeness (QED) is 0.186. The summed E-state index contributed by atoms with van der Waals surface area (Å²) in [4.78, 5) is 45.9. The SMILES string of the molecule is CCC1(NC(=O)c2cc(F)c(F)c(F)c2F)C(CCC=O)NC(CCC=O)NC1CCC=O. The smallest absolute Gasteiger partial charge is 0.255 e. The summed E-state index contributed by atoms with van der Waals surface area (Å²) in [6.45, 7) is 1.72. The van der Waals surface area contributed by atoms with Crippen molar-refractivity contribution in [2.24, 2.45) is 0 Å². The number of aldehydes is 3. The van der Waals surface area contributed by atoms with Gasteiger partial charge in [-0.05, 0) is 31.7 Å². The normalized spacial score (nSPS) is 24.8. The van der Waals surface area contributed by atoms with Gasteiger partial charge in [-0.1, -0.05) is 6.92 Å². The van der Waals surface area contributed by atoms with Crippen LogP contribution in [0.5, 0.6) is 0 Å². The highest BCUT2D eigenvalue weighted by molar-refractivity contribution is 5.95. The Morgan fingerprint density at radius 3 is 1.91 bits per heavy atom. The molecule has 0 radical (unpaired) electrons. The van der Waals surface area contributed by atoms with Crippen molar-refractivity contribution in [1.29, 1.82) is 0 Å². The molecule has 1 aliphatic heterocycles. The molecular formula is C22H27F4N3O4. The van der Waals surface area contributed by atoms with Crippen LogP contribution in [0.15, 0.2) is 6.07 Å². The minimum Gasteiger partial charge on any atom is -0.343 e. The van der Waals surface area contributed by atoms with Gasteiger partial charge in [0, 0.05) is 31.3 Å². The first-order valence-corrected chi connectivity index (χ1v) is 10.7.